The number of benzene rings is 3. The molecular formula is C19H13ClO. The summed E-state index contributed by atoms with van der Waals surface area (Å²) in [5, 5.41) is 2.90. The summed E-state index contributed by atoms with van der Waals surface area (Å²) < 4.78 is 0. The first-order valence-corrected chi connectivity index (χ1v) is 7.43. The maximum atomic E-state index is 12.5. The lowest BCUT2D eigenvalue weighted by atomic mass is 9.91. The lowest BCUT2D eigenvalue weighted by Gasteiger charge is -2.13. The lowest BCUT2D eigenvalue weighted by Crippen LogP contribution is -1.97. The fraction of sp³-hybridized carbons (Fsp3) is 0.105. The fourth-order valence-electron chi connectivity index (χ4n) is 3.32. The summed E-state index contributed by atoms with van der Waals surface area (Å²) in [5.74, 6) is 0.289. The second kappa shape index (κ2) is 4.71. The van der Waals surface area contributed by atoms with Gasteiger partial charge in [-0.3, -0.25) is 4.79 Å². The van der Waals surface area contributed by atoms with Crippen LogP contribution in [0.4, 0.5) is 0 Å². The van der Waals surface area contributed by atoms with E-state index in [1.54, 1.807) is 0 Å². The zero-order valence-electron chi connectivity index (χ0n) is 11.3. The molecule has 0 spiro atoms. The molecular weight excluding hydrogens is 280 g/mol. The average molecular weight is 293 g/mol. The van der Waals surface area contributed by atoms with E-state index in [0.29, 0.717) is 6.42 Å². The molecule has 0 aromatic heterocycles. The lowest BCUT2D eigenvalue weighted by molar-refractivity contribution is 0.0993. The van der Waals surface area contributed by atoms with Crippen molar-refractivity contribution in [2.24, 2.45) is 0 Å². The van der Waals surface area contributed by atoms with Gasteiger partial charge in [0.25, 0.3) is 0 Å². The van der Waals surface area contributed by atoms with Gasteiger partial charge in [-0.1, -0.05) is 66.2 Å². The standard InChI is InChI=1S/C19H13ClO/c20-17-8-4-3-7-14(17)16-11-18(21)19-13-6-2-1-5-12(13)9-10-15(16)19/h1-10,16H,11H2. The van der Waals surface area contributed by atoms with E-state index in [-0.39, 0.29) is 11.7 Å². The quantitative estimate of drug-likeness (QED) is 0.601. The Hall–Kier alpha value is -2.12. The largest absolute Gasteiger partial charge is 0.294 e. The number of hydrogen-bond acceptors (Lipinski definition) is 1. The van der Waals surface area contributed by atoms with E-state index in [9.17, 15) is 4.79 Å². The number of carbonyl (C=O) groups is 1. The number of fused-ring (bicyclic) bond motifs is 3. The van der Waals surface area contributed by atoms with Crippen molar-refractivity contribution in [3.63, 3.8) is 0 Å². The van der Waals surface area contributed by atoms with Crippen molar-refractivity contribution in [3.05, 3.63) is 82.4 Å². The van der Waals surface area contributed by atoms with Crippen LogP contribution in [-0.4, -0.2) is 5.78 Å². The third-order valence-corrected chi connectivity index (χ3v) is 4.63. The molecule has 1 unspecified atom stereocenters. The number of hydrogen-bond donors (Lipinski definition) is 0. The molecule has 3 aromatic carbocycles. The molecule has 2 heteroatoms. The van der Waals surface area contributed by atoms with Crippen LogP contribution in [-0.2, 0) is 0 Å². The Bertz CT molecular complexity index is 866. The summed E-state index contributed by atoms with van der Waals surface area (Å²) >= 11 is 6.33. The predicted octanol–water partition coefficient (Wildman–Crippen LogP) is 5.21. The summed E-state index contributed by atoms with van der Waals surface area (Å²) in [6.45, 7) is 0. The smallest absolute Gasteiger partial charge is 0.164 e. The Kier molecular flexibility index (Phi) is 2.83. The van der Waals surface area contributed by atoms with Crippen LogP contribution in [0.25, 0.3) is 10.8 Å². The molecule has 1 nitrogen and oxygen atoms in total. The molecule has 102 valence electrons. The van der Waals surface area contributed by atoms with Crippen LogP contribution < -0.4 is 0 Å². The Morgan fingerprint density at radius 2 is 1.62 bits per heavy atom. The molecule has 0 bridgehead atoms. The Labute approximate surface area is 128 Å². The Morgan fingerprint density at radius 3 is 2.48 bits per heavy atom. The summed E-state index contributed by atoms with van der Waals surface area (Å²) in [7, 11) is 0. The van der Waals surface area contributed by atoms with Crippen molar-refractivity contribution in [3.8, 4) is 0 Å². The number of ketones is 1. The highest BCUT2D eigenvalue weighted by molar-refractivity contribution is 6.31. The highest BCUT2D eigenvalue weighted by Gasteiger charge is 2.32. The van der Waals surface area contributed by atoms with Crippen LogP contribution in [0.1, 0.15) is 33.8 Å². The number of rotatable bonds is 1. The van der Waals surface area contributed by atoms with Crippen LogP contribution in [0.5, 0.6) is 0 Å². The second-order valence-corrected chi connectivity index (χ2v) is 5.86. The number of Topliss-reactive ketones (excluding diaryl/α,β-unsaturated/α-hetero) is 1. The van der Waals surface area contributed by atoms with Crippen molar-refractivity contribution in [1.29, 1.82) is 0 Å². The van der Waals surface area contributed by atoms with E-state index in [1.807, 2.05) is 48.5 Å². The van der Waals surface area contributed by atoms with Gasteiger partial charge in [-0.2, -0.15) is 0 Å². The number of carbonyl (C=O) groups excluding carboxylic acids is 1. The fourth-order valence-corrected chi connectivity index (χ4v) is 3.59. The van der Waals surface area contributed by atoms with Gasteiger partial charge in [0.15, 0.2) is 5.78 Å². The summed E-state index contributed by atoms with van der Waals surface area (Å²) in [6.07, 6.45) is 0.507. The molecule has 4 rings (SSSR count). The van der Waals surface area contributed by atoms with Crippen LogP contribution in [0, 0.1) is 0 Å². The molecule has 0 saturated carbocycles. The van der Waals surface area contributed by atoms with E-state index >= 15 is 0 Å². The van der Waals surface area contributed by atoms with Gasteiger partial charge in [0.1, 0.15) is 0 Å². The summed E-state index contributed by atoms with van der Waals surface area (Å²) in [5.41, 5.74) is 3.02. The highest BCUT2D eigenvalue weighted by atomic mass is 35.5. The minimum absolute atomic E-state index is 0.0748. The molecule has 0 radical (unpaired) electrons. The monoisotopic (exact) mass is 292 g/mol. The third-order valence-electron chi connectivity index (χ3n) is 4.29. The van der Waals surface area contributed by atoms with Gasteiger partial charge in [-0.25, -0.2) is 0 Å². The topological polar surface area (TPSA) is 17.1 Å². The Morgan fingerprint density at radius 1 is 0.857 bits per heavy atom. The average Bonchev–Trinajstić information content (AvgIpc) is 2.85. The van der Waals surface area contributed by atoms with E-state index < -0.39 is 0 Å². The van der Waals surface area contributed by atoms with Crippen LogP contribution >= 0.6 is 11.6 Å². The minimum atomic E-state index is 0.0748. The van der Waals surface area contributed by atoms with Gasteiger partial charge in [-0.05, 0) is 28.0 Å². The number of halogens is 1. The van der Waals surface area contributed by atoms with E-state index in [0.717, 1.165) is 32.5 Å². The molecule has 0 N–H and O–H groups in total. The molecule has 1 atom stereocenters. The van der Waals surface area contributed by atoms with E-state index in [2.05, 4.69) is 12.1 Å². The molecule has 21 heavy (non-hydrogen) atoms. The normalized spacial score (nSPS) is 17.2. The molecule has 3 aromatic rings. The van der Waals surface area contributed by atoms with Crippen molar-refractivity contribution in [1.82, 2.24) is 0 Å². The van der Waals surface area contributed by atoms with Gasteiger partial charge in [0.05, 0.1) is 0 Å². The summed E-state index contributed by atoms with van der Waals surface area (Å²) in [6, 6.07) is 20.0. The first-order valence-electron chi connectivity index (χ1n) is 7.05. The van der Waals surface area contributed by atoms with Crippen molar-refractivity contribution < 1.29 is 4.79 Å². The van der Waals surface area contributed by atoms with Gasteiger partial charge in [0, 0.05) is 22.9 Å². The van der Waals surface area contributed by atoms with E-state index in [4.69, 9.17) is 11.6 Å². The van der Waals surface area contributed by atoms with Gasteiger partial charge in [-0.15, -0.1) is 0 Å². The van der Waals surface area contributed by atoms with Crippen LogP contribution in [0.15, 0.2) is 60.7 Å². The first kappa shape index (κ1) is 12.6. The maximum Gasteiger partial charge on any atom is 0.164 e. The molecule has 0 saturated heterocycles. The predicted molar refractivity (Wildman–Crippen MR) is 86.2 cm³/mol. The molecule has 0 fully saturated rings. The zero-order valence-corrected chi connectivity index (χ0v) is 12.1. The van der Waals surface area contributed by atoms with Crippen LogP contribution in [0.2, 0.25) is 5.02 Å². The molecule has 0 heterocycles. The summed E-state index contributed by atoms with van der Waals surface area (Å²) in [4.78, 5) is 12.5. The van der Waals surface area contributed by atoms with Crippen molar-refractivity contribution in [2.45, 2.75) is 12.3 Å². The molecule has 0 amide bonds. The first-order chi connectivity index (χ1) is 10.3. The Balaban J connectivity index is 1.97. The van der Waals surface area contributed by atoms with Crippen molar-refractivity contribution >= 4 is 28.2 Å². The second-order valence-electron chi connectivity index (χ2n) is 5.45. The zero-order chi connectivity index (χ0) is 14.4. The molecule has 1 aliphatic rings. The van der Waals surface area contributed by atoms with Crippen molar-refractivity contribution in [2.75, 3.05) is 0 Å². The molecule has 1 aliphatic carbocycles. The SMILES string of the molecule is O=C1CC(c2ccccc2Cl)c2ccc3ccccc3c21. The third kappa shape index (κ3) is 1.89. The van der Waals surface area contributed by atoms with Crippen LogP contribution in [0.3, 0.4) is 0 Å². The molecule has 0 aliphatic heterocycles. The van der Waals surface area contributed by atoms with E-state index in [1.165, 1.54) is 0 Å². The van der Waals surface area contributed by atoms with Gasteiger partial charge >= 0.3 is 0 Å². The minimum Gasteiger partial charge on any atom is -0.294 e. The maximum absolute atomic E-state index is 12.5. The highest BCUT2D eigenvalue weighted by Crippen LogP contribution is 2.43. The van der Waals surface area contributed by atoms with Gasteiger partial charge in [0.2, 0.25) is 0 Å². The van der Waals surface area contributed by atoms with Gasteiger partial charge < -0.3 is 0 Å².